The number of aliphatic imine (C=N–C) groups is 1. The lowest BCUT2D eigenvalue weighted by Crippen LogP contribution is -2.33. The van der Waals surface area contributed by atoms with Crippen molar-refractivity contribution in [3.8, 4) is 11.5 Å². The smallest absolute Gasteiger partial charge is 0.287 e. The van der Waals surface area contributed by atoms with E-state index in [1.165, 1.54) is 6.26 Å². The number of nitrogens with zero attached hydrogens (tertiary/aromatic N) is 1. The Labute approximate surface area is 165 Å². The fourth-order valence-electron chi connectivity index (χ4n) is 2.52. The van der Waals surface area contributed by atoms with Gasteiger partial charge in [-0.3, -0.25) is 9.79 Å². The number of benzene rings is 1. The minimum Gasteiger partial charge on any atom is -0.493 e. The number of amides is 1. The molecule has 0 spiro atoms. The van der Waals surface area contributed by atoms with Crippen molar-refractivity contribution in [3.63, 3.8) is 0 Å². The molecule has 1 aromatic heterocycles. The van der Waals surface area contributed by atoms with E-state index in [2.05, 4.69) is 20.9 Å². The summed E-state index contributed by atoms with van der Waals surface area (Å²) in [6.07, 6.45) is 2.25. The summed E-state index contributed by atoms with van der Waals surface area (Å²) in [5.41, 5.74) is 1.65. The molecule has 8 nitrogen and oxygen atoms in total. The Bertz CT molecular complexity index is 801. The van der Waals surface area contributed by atoms with E-state index in [1.54, 1.807) is 20.2 Å². The van der Waals surface area contributed by atoms with E-state index in [1.807, 2.05) is 32.0 Å². The van der Waals surface area contributed by atoms with Crippen LogP contribution in [-0.4, -0.2) is 45.7 Å². The van der Waals surface area contributed by atoms with Crippen LogP contribution in [0.5, 0.6) is 11.5 Å². The van der Waals surface area contributed by atoms with Gasteiger partial charge in [-0.05, 0) is 38.5 Å². The van der Waals surface area contributed by atoms with Crippen molar-refractivity contribution >= 4 is 17.6 Å². The Balaban J connectivity index is 1.77. The van der Waals surface area contributed by atoms with Gasteiger partial charge in [0.05, 0.1) is 20.0 Å². The van der Waals surface area contributed by atoms with E-state index < -0.39 is 0 Å². The Kier molecular flexibility index (Phi) is 8.20. The molecule has 0 aliphatic rings. The van der Waals surface area contributed by atoms with E-state index in [0.717, 1.165) is 17.7 Å². The molecule has 2 rings (SSSR count). The highest BCUT2D eigenvalue weighted by Gasteiger charge is 2.11. The largest absolute Gasteiger partial charge is 0.493 e. The summed E-state index contributed by atoms with van der Waals surface area (Å²) in [5.74, 6) is 2.13. The Morgan fingerprint density at radius 2 is 1.96 bits per heavy atom. The minimum atomic E-state index is -0.202. The predicted octanol–water partition coefficient (Wildman–Crippen LogP) is 2.80. The molecule has 0 saturated carbocycles. The molecule has 1 amide bonds. The molecule has 0 atom stereocenters. The van der Waals surface area contributed by atoms with Crippen LogP contribution in [0.25, 0.3) is 0 Å². The normalized spacial score (nSPS) is 11.1. The lowest BCUT2D eigenvalue weighted by Gasteiger charge is -2.14. The van der Waals surface area contributed by atoms with E-state index >= 15 is 0 Å². The topological polar surface area (TPSA) is 97.1 Å². The number of ether oxygens (including phenoxy) is 2. The van der Waals surface area contributed by atoms with Crippen LogP contribution in [0.3, 0.4) is 0 Å². The summed E-state index contributed by atoms with van der Waals surface area (Å²) in [5, 5.41) is 9.25. The van der Waals surface area contributed by atoms with Gasteiger partial charge in [0.25, 0.3) is 5.91 Å². The summed E-state index contributed by atoms with van der Waals surface area (Å²) in [6, 6.07) is 7.36. The molecule has 0 fully saturated rings. The van der Waals surface area contributed by atoms with Crippen molar-refractivity contribution in [3.05, 3.63) is 41.9 Å². The zero-order valence-corrected chi connectivity index (χ0v) is 16.8. The van der Waals surface area contributed by atoms with Gasteiger partial charge in [0.15, 0.2) is 23.2 Å². The van der Waals surface area contributed by atoms with Crippen LogP contribution < -0.4 is 25.4 Å². The Hall–Kier alpha value is -3.16. The number of carbonyl (C=O) groups excluding carboxylic acids is 1. The van der Waals surface area contributed by atoms with E-state index in [9.17, 15) is 4.79 Å². The van der Waals surface area contributed by atoms with Gasteiger partial charge in [-0.25, -0.2) is 0 Å². The molecular formula is C20H28N4O4. The highest BCUT2D eigenvalue weighted by Crippen LogP contribution is 2.30. The first-order chi connectivity index (χ1) is 13.6. The van der Waals surface area contributed by atoms with Crippen LogP contribution in [0.15, 0.2) is 39.9 Å². The van der Waals surface area contributed by atoms with E-state index in [0.29, 0.717) is 42.9 Å². The van der Waals surface area contributed by atoms with Crippen molar-refractivity contribution in [2.75, 3.05) is 39.2 Å². The quantitative estimate of drug-likeness (QED) is 0.347. The number of hydrogen-bond acceptors (Lipinski definition) is 5. The first-order valence-corrected chi connectivity index (χ1v) is 9.19. The molecule has 152 valence electrons. The fraction of sp³-hybridized carbons (Fsp3) is 0.400. The third-order valence-electron chi connectivity index (χ3n) is 3.95. The maximum Gasteiger partial charge on any atom is 0.287 e. The van der Waals surface area contributed by atoms with Gasteiger partial charge in [-0.1, -0.05) is 0 Å². The van der Waals surface area contributed by atoms with Gasteiger partial charge in [0.1, 0.15) is 0 Å². The molecule has 2 aromatic rings. The maximum absolute atomic E-state index is 12.0. The molecule has 8 heteroatoms. The zero-order chi connectivity index (χ0) is 20.4. The fourth-order valence-corrected chi connectivity index (χ4v) is 2.52. The molecule has 0 saturated heterocycles. The zero-order valence-electron chi connectivity index (χ0n) is 16.8. The van der Waals surface area contributed by atoms with E-state index in [4.69, 9.17) is 13.9 Å². The highest BCUT2D eigenvalue weighted by molar-refractivity contribution is 5.94. The third kappa shape index (κ3) is 5.94. The second kappa shape index (κ2) is 10.9. The van der Waals surface area contributed by atoms with Crippen LogP contribution in [0.2, 0.25) is 0 Å². The van der Waals surface area contributed by atoms with Crippen molar-refractivity contribution < 1.29 is 18.7 Å². The number of rotatable bonds is 9. The Morgan fingerprint density at radius 3 is 2.61 bits per heavy atom. The number of nitrogens with one attached hydrogen (secondary N) is 3. The average Bonchev–Trinajstić information content (AvgIpc) is 3.13. The first kappa shape index (κ1) is 21.1. The van der Waals surface area contributed by atoms with Gasteiger partial charge in [0, 0.05) is 37.5 Å². The minimum absolute atomic E-state index is 0.202. The molecule has 3 N–H and O–H groups in total. The number of hydrogen-bond donors (Lipinski definition) is 3. The van der Waals surface area contributed by atoms with Crippen molar-refractivity contribution in [2.24, 2.45) is 4.99 Å². The molecule has 0 bridgehead atoms. The summed E-state index contributed by atoms with van der Waals surface area (Å²) >= 11 is 0. The molecular weight excluding hydrogens is 360 g/mol. The lowest BCUT2D eigenvalue weighted by atomic mass is 10.2. The highest BCUT2D eigenvalue weighted by atomic mass is 16.5. The number of furan rings is 1. The van der Waals surface area contributed by atoms with Crippen molar-refractivity contribution in [1.82, 2.24) is 10.6 Å². The molecule has 0 aliphatic heterocycles. The van der Waals surface area contributed by atoms with Gasteiger partial charge >= 0.3 is 0 Å². The summed E-state index contributed by atoms with van der Waals surface area (Å²) in [6.45, 7) is 5.51. The maximum atomic E-state index is 12.0. The molecule has 1 heterocycles. The number of carbonyl (C=O) groups is 1. The molecule has 0 unspecified atom stereocenters. The third-order valence-corrected chi connectivity index (χ3v) is 3.95. The van der Waals surface area contributed by atoms with Crippen molar-refractivity contribution in [2.45, 2.75) is 20.3 Å². The summed E-state index contributed by atoms with van der Waals surface area (Å²) in [7, 11) is 3.30. The molecule has 0 radical (unpaired) electrons. The monoisotopic (exact) mass is 388 g/mol. The van der Waals surface area contributed by atoms with Gasteiger partial charge in [0.2, 0.25) is 0 Å². The summed E-state index contributed by atoms with van der Waals surface area (Å²) in [4.78, 5) is 16.2. The second-order valence-corrected chi connectivity index (χ2v) is 5.96. The molecule has 28 heavy (non-hydrogen) atoms. The molecule has 1 aromatic carbocycles. The molecule has 0 aliphatic carbocycles. The average molecular weight is 388 g/mol. The second-order valence-electron chi connectivity index (χ2n) is 5.96. The van der Waals surface area contributed by atoms with Crippen LogP contribution in [0.4, 0.5) is 5.69 Å². The van der Waals surface area contributed by atoms with E-state index in [-0.39, 0.29) is 5.91 Å². The van der Waals surface area contributed by atoms with Gasteiger partial charge in [-0.2, -0.15) is 0 Å². The number of aryl methyl sites for hydroxylation is 1. The van der Waals surface area contributed by atoms with Crippen LogP contribution >= 0.6 is 0 Å². The van der Waals surface area contributed by atoms with Crippen LogP contribution in [0, 0.1) is 6.92 Å². The number of guanidine groups is 1. The lowest BCUT2D eigenvalue weighted by molar-refractivity contribution is 0.0925. The standard InChI is InChI=1S/C20H28N4O4/c1-5-27-16-8-7-15(13-17(16)26-4)24-20(21-3)23-11-6-10-22-19(25)18-14(2)9-12-28-18/h7-9,12-13H,5-6,10-11H2,1-4H3,(H,22,25)(H2,21,23,24). The van der Waals surface area contributed by atoms with Gasteiger partial charge < -0.3 is 29.8 Å². The van der Waals surface area contributed by atoms with Crippen LogP contribution in [-0.2, 0) is 0 Å². The predicted molar refractivity (Wildman–Crippen MR) is 110 cm³/mol. The van der Waals surface area contributed by atoms with Crippen molar-refractivity contribution in [1.29, 1.82) is 0 Å². The number of anilines is 1. The Morgan fingerprint density at radius 1 is 1.18 bits per heavy atom. The SMILES string of the molecule is CCOc1ccc(NC(=NC)NCCCNC(=O)c2occc2C)cc1OC. The van der Waals surface area contributed by atoms with Gasteiger partial charge in [-0.15, -0.1) is 0 Å². The summed E-state index contributed by atoms with van der Waals surface area (Å²) < 4.78 is 16.0. The number of methoxy groups -OCH3 is 1. The van der Waals surface area contributed by atoms with Crippen LogP contribution in [0.1, 0.15) is 29.5 Å². The first-order valence-electron chi connectivity index (χ1n) is 9.19.